The molecule has 5 rings (SSSR count). The van der Waals surface area contributed by atoms with Crippen LogP contribution in [0.4, 0.5) is 11.5 Å². The van der Waals surface area contributed by atoms with E-state index < -0.39 is 5.97 Å². The van der Waals surface area contributed by atoms with Crippen molar-refractivity contribution in [2.24, 2.45) is 5.92 Å². The topological polar surface area (TPSA) is 133 Å². The number of pyridine rings is 2. The molecule has 3 aromatic rings. The van der Waals surface area contributed by atoms with Crippen molar-refractivity contribution < 1.29 is 14.7 Å². The van der Waals surface area contributed by atoms with Gasteiger partial charge in [-0.3, -0.25) is 14.6 Å². The summed E-state index contributed by atoms with van der Waals surface area (Å²) in [5.74, 6) is 0.128. The second kappa shape index (κ2) is 13.7. The summed E-state index contributed by atoms with van der Waals surface area (Å²) in [7, 11) is 0. The van der Waals surface area contributed by atoms with Crippen LogP contribution < -0.4 is 16.4 Å². The van der Waals surface area contributed by atoms with E-state index in [9.17, 15) is 9.59 Å². The van der Waals surface area contributed by atoms with Crippen molar-refractivity contribution in [3.63, 3.8) is 0 Å². The van der Waals surface area contributed by atoms with E-state index >= 15 is 0 Å². The quantitative estimate of drug-likeness (QED) is 0.356. The SMILES string of the molecule is Nc1ccnc2ccccc12.O=C(O)CCNC(=O)C1CCCN(CCCc2ccc3c(n2)NCCC3)C1. The molecule has 9 nitrogen and oxygen atoms in total. The number of piperidine rings is 1. The van der Waals surface area contributed by atoms with Crippen LogP contribution >= 0.6 is 0 Å². The molecule has 0 saturated carbocycles. The number of nitrogen functional groups attached to an aromatic ring is 1. The Balaban J connectivity index is 0.000000253. The molecule has 2 aromatic heterocycles. The van der Waals surface area contributed by atoms with Crippen LogP contribution in [0, 0.1) is 5.92 Å². The fourth-order valence-corrected chi connectivity index (χ4v) is 5.02. The van der Waals surface area contributed by atoms with Gasteiger partial charge in [0.05, 0.1) is 17.9 Å². The zero-order chi connectivity index (χ0) is 26.7. The first-order chi connectivity index (χ1) is 18.5. The van der Waals surface area contributed by atoms with Crippen molar-refractivity contribution in [3.8, 4) is 0 Å². The van der Waals surface area contributed by atoms with Gasteiger partial charge in [0.15, 0.2) is 0 Å². The Morgan fingerprint density at radius 1 is 1.16 bits per heavy atom. The van der Waals surface area contributed by atoms with Crippen LogP contribution in [0.3, 0.4) is 0 Å². The minimum absolute atomic E-state index is 0.0108. The van der Waals surface area contributed by atoms with E-state index in [0.717, 1.165) is 86.4 Å². The number of rotatable bonds is 8. The minimum atomic E-state index is -0.883. The number of nitrogens with one attached hydrogen (secondary N) is 2. The van der Waals surface area contributed by atoms with Gasteiger partial charge < -0.3 is 26.4 Å². The average molecular weight is 519 g/mol. The molecule has 202 valence electrons. The van der Waals surface area contributed by atoms with Gasteiger partial charge in [0.25, 0.3) is 0 Å². The molecule has 38 heavy (non-hydrogen) atoms. The molecule has 0 bridgehead atoms. The normalized spacial score (nSPS) is 17.0. The number of aryl methyl sites for hydroxylation is 2. The third kappa shape index (κ3) is 7.89. The van der Waals surface area contributed by atoms with Crippen LogP contribution in [0.1, 0.15) is 43.4 Å². The van der Waals surface area contributed by atoms with Crippen molar-refractivity contribution in [1.82, 2.24) is 20.2 Å². The molecule has 0 aliphatic carbocycles. The molecule has 1 saturated heterocycles. The van der Waals surface area contributed by atoms with Crippen molar-refractivity contribution in [1.29, 1.82) is 0 Å². The number of benzene rings is 1. The summed E-state index contributed by atoms with van der Waals surface area (Å²) in [6.45, 7) is 3.97. The van der Waals surface area contributed by atoms with Gasteiger partial charge in [0, 0.05) is 42.6 Å². The molecule has 1 fully saturated rings. The summed E-state index contributed by atoms with van der Waals surface area (Å²) in [6.07, 6.45) is 7.85. The van der Waals surface area contributed by atoms with Crippen LogP contribution in [0.15, 0.2) is 48.7 Å². The summed E-state index contributed by atoms with van der Waals surface area (Å²) < 4.78 is 0. The number of amides is 1. The van der Waals surface area contributed by atoms with E-state index in [-0.39, 0.29) is 24.8 Å². The standard InChI is InChI=1S/C20H30N4O3.C9H8N2/c25-18(26)9-11-22-20(27)16-5-2-12-24(14-16)13-3-6-17-8-7-15-4-1-10-21-19(15)23-17;10-8-5-6-11-9-4-2-1-3-7(8)9/h7-8,16H,1-6,9-14H2,(H,21,23)(H,22,27)(H,25,26);1-6H,(H2,10,11). The summed E-state index contributed by atoms with van der Waals surface area (Å²) in [5, 5.41) is 15.8. The zero-order valence-electron chi connectivity index (χ0n) is 21.9. The maximum absolute atomic E-state index is 12.2. The Labute approximate surface area is 223 Å². The fraction of sp³-hybridized carbons (Fsp3) is 0.448. The van der Waals surface area contributed by atoms with Crippen molar-refractivity contribution >= 4 is 34.3 Å². The zero-order valence-corrected chi connectivity index (χ0v) is 21.9. The molecule has 4 heterocycles. The molecular formula is C29H38N6O3. The number of carbonyl (C=O) groups is 2. The van der Waals surface area contributed by atoms with E-state index in [1.807, 2.05) is 30.3 Å². The molecule has 2 aliphatic heterocycles. The third-order valence-electron chi connectivity index (χ3n) is 7.06. The number of likely N-dealkylation sites (tertiary alicyclic amines) is 1. The highest BCUT2D eigenvalue weighted by atomic mass is 16.4. The maximum Gasteiger partial charge on any atom is 0.305 e. The van der Waals surface area contributed by atoms with Crippen molar-refractivity contribution in [2.75, 3.05) is 43.8 Å². The molecule has 1 aromatic carbocycles. The number of carboxylic acids is 1. The molecular weight excluding hydrogens is 480 g/mol. The predicted octanol–water partition coefficient (Wildman–Crippen LogP) is 3.49. The van der Waals surface area contributed by atoms with E-state index in [2.05, 4.69) is 32.7 Å². The van der Waals surface area contributed by atoms with Crippen LogP contribution in [0.2, 0.25) is 0 Å². The Kier molecular flexibility index (Phi) is 9.86. The molecule has 0 radical (unpaired) electrons. The summed E-state index contributed by atoms with van der Waals surface area (Å²) >= 11 is 0. The highest BCUT2D eigenvalue weighted by molar-refractivity contribution is 5.89. The monoisotopic (exact) mass is 518 g/mol. The van der Waals surface area contributed by atoms with E-state index in [4.69, 9.17) is 15.8 Å². The largest absolute Gasteiger partial charge is 0.481 e. The van der Waals surface area contributed by atoms with Gasteiger partial charge in [-0.1, -0.05) is 24.3 Å². The average Bonchev–Trinajstić information content (AvgIpc) is 2.94. The van der Waals surface area contributed by atoms with Gasteiger partial charge in [-0.15, -0.1) is 0 Å². The number of nitrogens with zero attached hydrogens (tertiary/aromatic N) is 3. The number of hydrogen-bond acceptors (Lipinski definition) is 7. The molecule has 0 spiro atoms. The first-order valence-electron chi connectivity index (χ1n) is 13.5. The second-order valence-corrected chi connectivity index (χ2v) is 9.94. The van der Waals surface area contributed by atoms with Crippen LogP contribution in [0.25, 0.3) is 10.9 Å². The number of nitrogens with two attached hydrogens (primary N) is 1. The number of aromatic nitrogens is 2. The Bertz CT molecular complexity index is 1230. The molecule has 1 amide bonds. The minimum Gasteiger partial charge on any atom is -0.481 e. The third-order valence-corrected chi connectivity index (χ3v) is 7.06. The van der Waals surface area contributed by atoms with E-state index in [1.165, 1.54) is 12.0 Å². The van der Waals surface area contributed by atoms with Crippen LogP contribution in [-0.4, -0.2) is 64.6 Å². The molecule has 5 N–H and O–H groups in total. The Morgan fingerprint density at radius 3 is 2.87 bits per heavy atom. The lowest BCUT2D eigenvalue weighted by atomic mass is 9.96. The summed E-state index contributed by atoms with van der Waals surface area (Å²) in [5.41, 5.74) is 9.90. The van der Waals surface area contributed by atoms with Gasteiger partial charge in [0.2, 0.25) is 5.91 Å². The Hall–Kier alpha value is -3.72. The molecule has 1 unspecified atom stereocenters. The first kappa shape index (κ1) is 27.3. The summed E-state index contributed by atoms with van der Waals surface area (Å²) in [6, 6.07) is 14.0. The highest BCUT2D eigenvalue weighted by Crippen LogP contribution is 2.21. The number of carbonyl (C=O) groups excluding carboxylic acids is 1. The number of anilines is 2. The van der Waals surface area contributed by atoms with E-state index in [1.54, 1.807) is 6.20 Å². The van der Waals surface area contributed by atoms with Gasteiger partial charge in [-0.2, -0.15) is 0 Å². The smallest absolute Gasteiger partial charge is 0.305 e. The first-order valence-corrected chi connectivity index (χ1v) is 13.5. The fourth-order valence-electron chi connectivity index (χ4n) is 5.02. The Morgan fingerprint density at radius 2 is 2.03 bits per heavy atom. The number of para-hydroxylation sites is 1. The van der Waals surface area contributed by atoms with Crippen LogP contribution in [0.5, 0.6) is 0 Å². The van der Waals surface area contributed by atoms with Crippen LogP contribution in [-0.2, 0) is 22.4 Å². The van der Waals surface area contributed by atoms with E-state index in [0.29, 0.717) is 0 Å². The lowest BCUT2D eigenvalue weighted by Gasteiger charge is -2.32. The maximum atomic E-state index is 12.2. The number of aliphatic carboxylic acids is 1. The molecule has 9 heteroatoms. The highest BCUT2D eigenvalue weighted by Gasteiger charge is 2.25. The summed E-state index contributed by atoms with van der Waals surface area (Å²) in [4.78, 5) is 34.0. The predicted molar refractivity (Wildman–Crippen MR) is 150 cm³/mol. The lowest BCUT2D eigenvalue weighted by molar-refractivity contribution is -0.137. The molecule has 2 aliphatic rings. The number of carboxylic acid groups (broad SMARTS) is 1. The lowest BCUT2D eigenvalue weighted by Crippen LogP contribution is -2.43. The molecule has 1 atom stereocenters. The van der Waals surface area contributed by atoms with Crippen molar-refractivity contribution in [2.45, 2.75) is 44.9 Å². The van der Waals surface area contributed by atoms with Gasteiger partial charge >= 0.3 is 5.97 Å². The van der Waals surface area contributed by atoms with Gasteiger partial charge in [-0.25, -0.2) is 4.98 Å². The number of hydrogen-bond donors (Lipinski definition) is 4. The van der Waals surface area contributed by atoms with Gasteiger partial charge in [0.1, 0.15) is 5.82 Å². The number of fused-ring (bicyclic) bond motifs is 2. The second-order valence-electron chi connectivity index (χ2n) is 9.94. The van der Waals surface area contributed by atoms with Gasteiger partial charge in [-0.05, 0) is 75.4 Å². The van der Waals surface area contributed by atoms with Crippen molar-refractivity contribution in [3.05, 3.63) is 59.9 Å².